The lowest BCUT2D eigenvalue weighted by Gasteiger charge is -2.20. The maximum atomic E-state index is 12.6. The molecular weight excluding hydrogens is 390 g/mol. The van der Waals surface area contributed by atoms with Crippen molar-refractivity contribution in [1.82, 2.24) is 5.32 Å². The van der Waals surface area contributed by atoms with Crippen LogP contribution >= 0.6 is 0 Å². The predicted octanol–water partition coefficient (Wildman–Crippen LogP) is 1.27. The zero-order valence-corrected chi connectivity index (χ0v) is 16.7. The minimum Gasteiger partial charge on any atom is -0.548 e. The standard InChI is InChI=1S/C22H21NO7/c1-12-15(11-18(24)23-20(21(25)26)13-7-5-4-6-8-13)22(27)30-17-10-14(28-2)9-16(29-3)19(12)17/h4-10,20H,11H2,1-3H3,(H,23,24)(H,25,26)/p-1/t20-/m0/s1. The van der Waals surface area contributed by atoms with Crippen LogP contribution in [-0.4, -0.2) is 26.1 Å². The molecule has 156 valence electrons. The molecule has 1 amide bonds. The molecule has 0 saturated heterocycles. The van der Waals surface area contributed by atoms with E-state index in [0.29, 0.717) is 28.0 Å². The van der Waals surface area contributed by atoms with E-state index in [4.69, 9.17) is 13.9 Å². The normalized spacial score (nSPS) is 11.7. The van der Waals surface area contributed by atoms with Crippen molar-refractivity contribution >= 4 is 22.8 Å². The summed E-state index contributed by atoms with van der Waals surface area (Å²) in [4.78, 5) is 36.6. The third-order valence-electron chi connectivity index (χ3n) is 4.78. The van der Waals surface area contributed by atoms with Crippen LogP contribution in [0.15, 0.2) is 51.7 Å². The highest BCUT2D eigenvalue weighted by atomic mass is 16.5. The summed E-state index contributed by atoms with van der Waals surface area (Å²) < 4.78 is 15.9. The van der Waals surface area contributed by atoms with Crippen LogP contribution < -0.4 is 25.5 Å². The number of methoxy groups -OCH3 is 2. The average Bonchev–Trinajstić information content (AvgIpc) is 2.74. The molecule has 0 radical (unpaired) electrons. The Bertz CT molecular complexity index is 1150. The minimum absolute atomic E-state index is 0.105. The quantitative estimate of drug-likeness (QED) is 0.583. The molecule has 1 N–H and O–H groups in total. The second kappa shape index (κ2) is 8.69. The van der Waals surface area contributed by atoms with Crippen LogP contribution in [0.1, 0.15) is 22.7 Å². The molecule has 1 atom stereocenters. The lowest BCUT2D eigenvalue weighted by molar-refractivity contribution is -0.308. The van der Waals surface area contributed by atoms with Crippen LogP contribution in [0, 0.1) is 6.92 Å². The Morgan fingerprint density at radius 2 is 1.83 bits per heavy atom. The van der Waals surface area contributed by atoms with Crippen molar-refractivity contribution in [3.8, 4) is 11.5 Å². The van der Waals surface area contributed by atoms with E-state index < -0.39 is 23.5 Å². The molecule has 0 spiro atoms. The Labute approximate surface area is 172 Å². The van der Waals surface area contributed by atoms with Gasteiger partial charge in [-0.25, -0.2) is 4.79 Å². The van der Waals surface area contributed by atoms with E-state index in [2.05, 4.69) is 5.32 Å². The summed E-state index contributed by atoms with van der Waals surface area (Å²) in [5.41, 5.74) is 0.529. The highest BCUT2D eigenvalue weighted by molar-refractivity contribution is 5.91. The Morgan fingerprint density at radius 1 is 1.13 bits per heavy atom. The number of amides is 1. The SMILES string of the molecule is COc1cc(OC)c2c(C)c(CC(=O)N[C@H](C(=O)[O-])c3ccccc3)c(=O)oc2c1. The van der Waals surface area contributed by atoms with Crippen molar-refractivity contribution in [3.63, 3.8) is 0 Å². The van der Waals surface area contributed by atoms with E-state index in [1.165, 1.54) is 14.2 Å². The van der Waals surface area contributed by atoms with Gasteiger partial charge in [0.1, 0.15) is 17.1 Å². The number of rotatable bonds is 7. The maximum absolute atomic E-state index is 12.6. The Hall–Kier alpha value is -3.81. The maximum Gasteiger partial charge on any atom is 0.340 e. The summed E-state index contributed by atoms with van der Waals surface area (Å²) in [6.07, 6.45) is -0.365. The molecule has 0 aliphatic rings. The van der Waals surface area contributed by atoms with Crippen molar-refractivity contribution in [3.05, 3.63) is 69.6 Å². The summed E-state index contributed by atoms with van der Waals surface area (Å²) in [7, 11) is 2.94. The van der Waals surface area contributed by atoms with Gasteiger partial charge in [0.15, 0.2) is 0 Å². The fourth-order valence-electron chi connectivity index (χ4n) is 3.26. The monoisotopic (exact) mass is 410 g/mol. The smallest absolute Gasteiger partial charge is 0.340 e. The van der Waals surface area contributed by atoms with Gasteiger partial charge in [0.2, 0.25) is 5.91 Å². The van der Waals surface area contributed by atoms with E-state index in [9.17, 15) is 19.5 Å². The molecule has 8 heteroatoms. The molecule has 1 heterocycles. The van der Waals surface area contributed by atoms with Gasteiger partial charge in [-0.1, -0.05) is 30.3 Å². The summed E-state index contributed by atoms with van der Waals surface area (Å²) >= 11 is 0. The number of carbonyl (C=O) groups is 2. The highest BCUT2D eigenvalue weighted by Crippen LogP contribution is 2.33. The molecule has 0 aliphatic carbocycles. The zero-order chi connectivity index (χ0) is 21.8. The molecule has 3 aromatic rings. The molecule has 0 saturated carbocycles. The molecule has 8 nitrogen and oxygen atoms in total. The number of aliphatic carboxylic acids is 1. The van der Waals surface area contributed by atoms with E-state index in [1.54, 1.807) is 49.4 Å². The molecule has 30 heavy (non-hydrogen) atoms. The molecular formula is C22H20NO7-. The largest absolute Gasteiger partial charge is 0.548 e. The fourth-order valence-corrected chi connectivity index (χ4v) is 3.26. The Morgan fingerprint density at radius 3 is 2.43 bits per heavy atom. The highest BCUT2D eigenvalue weighted by Gasteiger charge is 2.21. The zero-order valence-electron chi connectivity index (χ0n) is 16.7. The second-order valence-electron chi connectivity index (χ2n) is 6.60. The number of benzene rings is 2. The van der Waals surface area contributed by atoms with Gasteiger partial charge in [-0.2, -0.15) is 0 Å². The Kier molecular flexibility index (Phi) is 6.06. The van der Waals surface area contributed by atoms with E-state index >= 15 is 0 Å². The van der Waals surface area contributed by atoms with E-state index in [1.807, 2.05) is 0 Å². The minimum atomic E-state index is -1.45. The van der Waals surface area contributed by atoms with Crippen molar-refractivity contribution in [2.75, 3.05) is 14.2 Å². The van der Waals surface area contributed by atoms with Gasteiger partial charge >= 0.3 is 5.63 Å². The number of carboxylic acid groups (broad SMARTS) is 1. The van der Waals surface area contributed by atoms with Crippen LogP contribution in [0.2, 0.25) is 0 Å². The lowest BCUT2D eigenvalue weighted by Crippen LogP contribution is -2.42. The molecule has 0 fully saturated rings. The van der Waals surface area contributed by atoms with E-state index in [0.717, 1.165) is 0 Å². The summed E-state index contributed by atoms with van der Waals surface area (Å²) in [5.74, 6) is -1.24. The number of nitrogens with one attached hydrogen (secondary N) is 1. The van der Waals surface area contributed by atoms with Crippen molar-refractivity contribution in [2.24, 2.45) is 0 Å². The van der Waals surface area contributed by atoms with Gasteiger partial charge in [0.05, 0.1) is 43.6 Å². The first kappa shape index (κ1) is 20.9. The van der Waals surface area contributed by atoms with Crippen molar-refractivity contribution < 1.29 is 28.6 Å². The first-order valence-corrected chi connectivity index (χ1v) is 9.09. The first-order valence-electron chi connectivity index (χ1n) is 9.09. The summed E-state index contributed by atoms with van der Waals surface area (Å²) in [6, 6.07) is 10.0. The van der Waals surface area contributed by atoms with Crippen molar-refractivity contribution in [1.29, 1.82) is 0 Å². The van der Waals surface area contributed by atoms with Gasteiger partial charge in [-0.15, -0.1) is 0 Å². The van der Waals surface area contributed by atoms with Gasteiger partial charge in [-0.05, 0) is 18.1 Å². The van der Waals surface area contributed by atoms with Crippen LogP contribution in [0.4, 0.5) is 0 Å². The molecule has 1 aromatic heterocycles. The van der Waals surface area contributed by atoms with Crippen LogP contribution in [0.5, 0.6) is 11.5 Å². The van der Waals surface area contributed by atoms with Gasteiger partial charge < -0.3 is 29.1 Å². The average molecular weight is 410 g/mol. The van der Waals surface area contributed by atoms with Crippen LogP contribution in [0.25, 0.3) is 11.0 Å². The number of ether oxygens (including phenoxy) is 2. The molecule has 0 bridgehead atoms. The lowest BCUT2D eigenvalue weighted by atomic mass is 10.0. The van der Waals surface area contributed by atoms with E-state index in [-0.39, 0.29) is 17.6 Å². The van der Waals surface area contributed by atoms with Crippen LogP contribution in [-0.2, 0) is 16.0 Å². The number of carbonyl (C=O) groups excluding carboxylic acids is 2. The molecule has 0 aliphatic heterocycles. The Balaban J connectivity index is 1.96. The fraction of sp³-hybridized carbons (Fsp3) is 0.227. The van der Waals surface area contributed by atoms with Gasteiger partial charge in [-0.3, -0.25) is 4.79 Å². The topological polar surface area (TPSA) is 118 Å². The first-order chi connectivity index (χ1) is 14.3. The number of aryl methyl sites for hydroxylation is 1. The van der Waals surface area contributed by atoms with Crippen LogP contribution in [0.3, 0.4) is 0 Å². The number of hydrogen-bond acceptors (Lipinski definition) is 7. The molecule has 2 aromatic carbocycles. The number of hydrogen-bond donors (Lipinski definition) is 1. The second-order valence-corrected chi connectivity index (χ2v) is 6.60. The molecule has 3 rings (SSSR count). The predicted molar refractivity (Wildman–Crippen MR) is 106 cm³/mol. The molecule has 0 unspecified atom stereocenters. The summed E-state index contributed by atoms with van der Waals surface area (Å²) in [6.45, 7) is 1.67. The van der Waals surface area contributed by atoms with Gasteiger partial charge in [0, 0.05) is 12.1 Å². The van der Waals surface area contributed by atoms with Gasteiger partial charge in [0.25, 0.3) is 0 Å². The number of carboxylic acids is 1. The summed E-state index contributed by atoms with van der Waals surface area (Å²) in [5, 5.41) is 14.4. The van der Waals surface area contributed by atoms with Crippen molar-refractivity contribution in [2.45, 2.75) is 19.4 Å². The number of fused-ring (bicyclic) bond motifs is 1. The third kappa shape index (κ3) is 4.12. The third-order valence-corrected chi connectivity index (χ3v) is 4.78.